The molecule has 2 heterocycles. The van der Waals surface area contributed by atoms with Crippen LogP contribution in [0.25, 0.3) is 0 Å². The first-order valence-corrected chi connectivity index (χ1v) is 37.3. The molecule has 0 aromatic rings. The van der Waals surface area contributed by atoms with Gasteiger partial charge in [0.1, 0.15) is 11.2 Å². The largest absolute Gasteiger partial charge is 0.410 e. The first-order valence-electron chi connectivity index (χ1n) is 31.5. The molecule has 8 rings (SSSR count). The molecule has 0 bridgehead atoms. The van der Waals surface area contributed by atoms with Gasteiger partial charge in [0.2, 0.25) is 0 Å². The topological polar surface area (TPSA) is 104 Å². The Morgan fingerprint density at radius 2 is 0.961 bits per heavy atom. The highest BCUT2D eigenvalue weighted by Gasteiger charge is 2.64. The second-order valence-corrected chi connectivity index (χ2v) is 42.0. The maximum absolute atomic E-state index is 10.4. The van der Waals surface area contributed by atoms with Crippen LogP contribution in [-0.4, -0.2) is 86.4 Å². The van der Waals surface area contributed by atoms with Crippen molar-refractivity contribution in [3.05, 3.63) is 46.6 Å². The summed E-state index contributed by atoms with van der Waals surface area (Å²) in [5.74, 6) is 4.57. The number of ether oxygens (including phenoxy) is 2. The van der Waals surface area contributed by atoms with Crippen LogP contribution in [0.1, 0.15) is 232 Å². The summed E-state index contributed by atoms with van der Waals surface area (Å²) in [5.41, 5.74) is 5.76. The third kappa shape index (κ3) is 13.9. The van der Waals surface area contributed by atoms with Crippen molar-refractivity contribution in [2.75, 3.05) is 13.2 Å². The molecule has 0 amide bonds. The van der Waals surface area contributed by atoms with Crippen LogP contribution in [0.4, 0.5) is 0 Å². The van der Waals surface area contributed by atoms with Crippen LogP contribution in [-0.2, 0) is 18.3 Å². The van der Waals surface area contributed by atoms with Gasteiger partial charge < -0.3 is 33.6 Å². The van der Waals surface area contributed by atoms with Crippen molar-refractivity contribution in [3.8, 4) is 0 Å². The summed E-state index contributed by atoms with van der Waals surface area (Å²) in [5, 5.41) is 31.2. The maximum atomic E-state index is 10.4. The zero-order chi connectivity index (χ0) is 56.3. The van der Waals surface area contributed by atoms with Gasteiger partial charge in [0, 0.05) is 0 Å². The van der Waals surface area contributed by atoms with Crippen molar-refractivity contribution in [1.29, 1.82) is 0 Å². The Bertz CT molecular complexity index is 2040. The van der Waals surface area contributed by atoms with E-state index in [1.54, 1.807) is 11.1 Å². The lowest BCUT2D eigenvalue weighted by molar-refractivity contribution is -0.0292. The molecular formula is C67H118O7Si2. The molecule has 9 heteroatoms. The molecule has 0 aromatic heterocycles. The van der Waals surface area contributed by atoms with Gasteiger partial charge in [-0.05, 0) is 205 Å². The second-order valence-electron chi connectivity index (χ2n) is 32.5. The first-order chi connectivity index (χ1) is 35.0. The minimum Gasteiger partial charge on any atom is -0.410 e. The minimum absolute atomic E-state index is 0.0768. The molecule has 0 aromatic carbocycles. The van der Waals surface area contributed by atoms with Crippen LogP contribution in [0.15, 0.2) is 46.6 Å². The number of allylic oxidation sites excluding steroid dienone is 6. The Labute approximate surface area is 469 Å². The van der Waals surface area contributed by atoms with Crippen LogP contribution >= 0.6 is 0 Å². The summed E-state index contributed by atoms with van der Waals surface area (Å²) in [6.07, 6.45) is 32.3. The fourth-order valence-electron chi connectivity index (χ4n) is 15.9. The number of rotatable bonds is 15. The number of epoxide rings is 2. The third-order valence-corrected chi connectivity index (χ3v) is 32.0. The Hall–Kier alpha value is -0.886. The van der Waals surface area contributed by atoms with E-state index in [2.05, 4.69) is 141 Å². The third-order valence-electron chi connectivity index (χ3n) is 23.0. The quantitative estimate of drug-likeness (QED) is 0.111. The molecule has 6 aliphatic carbocycles. The Kier molecular flexibility index (Phi) is 19.0. The Morgan fingerprint density at radius 1 is 0.579 bits per heavy atom. The standard InChI is InChI=1S/C40H74O3Si2.C27H44O4/c1-29(18-16-24-36(2,3)4)32-22-23-33-31(19-17-25-39(32,33)11)21-20-30-26-34(42-44(12,13)37(5,6)7)40(28-41-40)35(27-30)43-45(14,15)38(8,9)10;1-18(7-5-13-25(2,3)30)21-11-12-22-20(8-6-14-26(21,22)4)10-9-19-15-23(28)27(17-31-27)24(29)16-19/h20-21,29,32-35H,16-19,22-28H2,1-15H3;9-10,18,21-24,28-30H,5-8,11-17H2,1-4H3/b30-20?,31-21+;19-9?,20-10+/t29-,32?,33?,34+,35+,39?,40?;18-,21?,22?,23+,24+,26?,27?/m00/s1. The Balaban J connectivity index is 0.000000236. The highest BCUT2D eigenvalue weighted by Crippen LogP contribution is 2.62. The molecule has 2 aliphatic heterocycles. The lowest BCUT2D eigenvalue weighted by atomic mass is 9.60. The van der Waals surface area contributed by atoms with Crippen LogP contribution in [0, 0.1) is 51.8 Å². The number of fused-ring (bicyclic) bond motifs is 2. The highest BCUT2D eigenvalue weighted by atomic mass is 28.4. The van der Waals surface area contributed by atoms with Gasteiger partial charge in [-0.2, -0.15) is 0 Å². The Morgan fingerprint density at radius 3 is 1.32 bits per heavy atom. The van der Waals surface area contributed by atoms with Crippen molar-refractivity contribution in [2.24, 2.45) is 51.8 Å². The molecule has 0 radical (unpaired) electrons. The molecule has 7 nitrogen and oxygen atoms in total. The SMILES string of the molecule is C[C@@H](CCCC(C)(C)C)C1CCC2/C(=C/C=C3C[C@@H](O[Si](C)(C)C(C)(C)C)C4(CO4)[C@H](O[Si](C)(C)C(C)(C)C)C3)CCCC21C.C[C@@H](CCCC(C)(C)O)C1CCC2/C(=C/C=C3C[C@@H](O)C4(CO4)[C@H](O)C3)CCCC21C. The van der Waals surface area contributed by atoms with E-state index < -0.39 is 40.0 Å². The highest BCUT2D eigenvalue weighted by molar-refractivity contribution is 6.74. The molecule has 2 saturated heterocycles. The smallest absolute Gasteiger partial charge is 0.192 e. The van der Waals surface area contributed by atoms with E-state index in [9.17, 15) is 15.3 Å². The van der Waals surface area contributed by atoms with Gasteiger partial charge in [0.05, 0.1) is 43.2 Å². The zero-order valence-corrected chi connectivity index (χ0v) is 54.6. The van der Waals surface area contributed by atoms with E-state index in [1.165, 1.54) is 95.5 Å². The van der Waals surface area contributed by atoms with Crippen molar-refractivity contribution in [3.63, 3.8) is 0 Å². The average molecular weight is 1090 g/mol. The molecule has 76 heavy (non-hydrogen) atoms. The molecule has 8 aliphatic rings. The van der Waals surface area contributed by atoms with Crippen LogP contribution in [0.5, 0.6) is 0 Å². The molecule has 436 valence electrons. The summed E-state index contributed by atoms with van der Waals surface area (Å²) >= 11 is 0. The van der Waals surface area contributed by atoms with E-state index in [1.807, 2.05) is 13.8 Å². The van der Waals surface area contributed by atoms with Gasteiger partial charge in [-0.3, -0.25) is 0 Å². The number of hydrogen-bond acceptors (Lipinski definition) is 7. The number of aliphatic hydroxyl groups excluding tert-OH is 2. The van der Waals surface area contributed by atoms with Gasteiger partial charge in [0.25, 0.3) is 0 Å². The maximum Gasteiger partial charge on any atom is 0.192 e. The molecule has 6 unspecified atom stereocenters. The van der Waals surface area contributed by atoms with Gasteiger partial charge in [-0.1, -0.05) is 162 Å². The van der Waals surface area contributed by atoms with Gasteiger partial charge in [-0.15, -0.1) is 0 Å². The van der Waals surface area contributed by atoms with Gasteiger partial charge >= 0.3 is 0 Å². The molecule has 2 spiro atoms. The molecule has 6 saturated carbocycles. The summed E-state index contributed by atoms with van der Waals surface area (Å²) in [7, 11) is -3.97. The fourth-order valence-corrected chi connectivity index (χ4v) is 18.6. The molecule has 8 fully saturated rings. The lowest BCUT2D eigenvalue weighted by Crippen LogP contribution is -2.57. The molecule has 3 N–H and O–H groups in total. The van der Waals surface area contributed by atoms with Gasteiger partial charge in [0.15, 0.2) is 16.6 Å². The van der Waals surface area contributed by atoms with E-state index in [0.717, 1.165) is 61.5 Å². The zero-order valence-electron chi connectivity index (χ0n) is 52.6. The number of hydrogen-bond donors (Lipinski definition) is 3. The van der Waals surface area contributed by atoms with Crippen molar-refractivity contribution < 1.29 is 33.6 Å². The molecular weight excluding hydrogens is 973 g/mol. The van der Waals surface area contributed by atoms with E-state index in [4.69, 9.17) is 18.3 Å². The van der Waals surface area contributed by atoms with Crippen molar-refractivity contribution >= 4 is 16.6 Å². The van der Waals surface area contributed by atoms with Gasteiger partial charge in [-0.25, -0.2) is 0 Å². The number of aliphatic hydroxyl groups is 3. The minimum atomic E-state index is -1.98. The predicted molar refractivity (Wildman–Crippen MR) is 322 cm³/mol. The average Bonchev–Trinajstić information content (AvgIpc) is 4.20. The summed E-state index contributed by atoms with van der Waals surface area (Å²) in [4.78, 5) is 0. The second kappa shape index (κ2) is 23.0. The first kappa shape index (κ1) is 62.7. The van der Waals surface area contributed by atoms with Crippen molar-refractivity contribution in [2.45, 2.75) is 310 Å². The van der Waals surface area contributed by atoms with E-state index >= 15 is 0 Å². The van der Waals surface area contributed by atoms with E-state index in [-0.39, 0.29) is 27.9 Å². The lowest BCUT2D eigenvalue weighted by Gasteiger charge is -2.48. The molecule has 12 atom stereocenters. The predicted octanol–water partition coefficient (Wildman–Crippen LogP) is 17.2. The van der Waals surface area contributed by atoms with Crippen LogP contribution in [0.2, 0.25) is 36.3 Å². The fraction of sp³-hybridized carbons (Fsp3) is 0.881. The van der Waals surface area contributed by atoms with Crippen LogP contribution in [0.3, 0.4) is 0 Å². The van der Waals surface area contributed by atoms with Crippen molar-refractivity contribution in [1.82, 2.24) is 0 Å². The summed E-state index contributed by atoms with van der Waals surface area (Å²) in [6.45, 7) is 46.2. The normalized spacial score (nSPS) is 38.0. The summed E-state index contributed by atoms with van der Waals surface area (Å²) in [6, 6.07) is 0. The summed E-state index contributed by atoms with van der Waals surface area (Å²) < 4.78 is 26.3. The van der Waals surface area contributed by atoms with Crippen LogP contribution < -0.4 is 0 Å². The monoisotopic (exact) mass is 1090 g/mol. The van der Waals surface area contributed by atoms with E-state index in [0.29, 0.717) is 47.5 Å².